The number of allylic oxidation sites excluding steroid dienone is 2. The van der Waals surface area contributed by atoms with Crippen molar-refractivity contribution in [1.29, 1.82) is 0 Å². The SMILES string of the molecule is CCCCCCCC/C=C/CCCCCCCC(=O)O[C@@H](C)COC(=O)CCCCCCCCCCC. The highest BCUT2D eigenvalue weighted by atomic mass is 16.6. The van der Waals surface area contributed by atoms with Crippen LogP contribution in [-0.2, 0) is 19.1 Å². The first-order valence-electron chi connectivity index (χ1n) is 16.1. The van der Waals surface area contributed by atoms with Gasteiger partial charge in [0, 0.05) is 12.8 Å². The maximum Gasteiger partial charge on any atom is 0.306 e. The van der Waals surface area contributed by atoms with E-state index in [1.54, 1.807) is 6.92 Å². The Labute approximate surface area is 230 Å². The van der Waals surface area contributed by atoms with Crippen molar-refractivity contribution < 1.29 is 19.1 Å². The molecule has 0 spiro atoms. The monoisotopic (exact) mass is 522 g/mol. The summed E-state index contributed by atoms with van der Waals surface area (Å²) in [6.45, 7) is 6.46. The number of rotatable bonds is 28. The third-order valence-corrected chi connectivity index (χ3v) is 6.94. The lowest BCUT2D eigenvalue weighted by molar-refractivity contribution is -0.158. The van der Waals surface area contributed by atoms with Gasteiger partial charge in [-0.15, -0.1) is 0 Å². The summed E-state index contributed by atoms with van der Waals surface area (Å²) in [7, 11) is 0. The van der Waals surface area contributed by atoms with Crippen LogP contribution in [0.15, 0.2) is 12.2 Å². The first-order chi connectivity index (χ1) is 18.1. The molecule has 0 aromatic carbocycles. The lowest BCUT2D eigenvalue weighted by atomic mass is 10.1. The van der Waals surface area contributed by atoms with Crippen LogP contribution in [0, 0.1) is 0 Å². The van der Waals surface area contributed by atoms with Crippen molar-refractivity contribution in [2.45, 2.75) is 181 Å². The van der Waals surface area contributed by atoms with Gasteiger partial charge in [-0.2, -0.15) is 0 Å². The van der Waals surface area contributed by atoms with Gasteiger partial charge in [-0.3, -0.25) is 9.59 Å². The Morgan fingerprint density at radius 1 is 0.541 bits per heavy atom. The topological polar surface area (TPSA) is 52.6 Å². The minimum Gasteiger partial charge on any atom is -0.462 e. The molecule has 0 unspecified atom stereocenters. The van der Waals surface area contributed by atoms with Crippen molar-refractivity contribution in [3.05, 3.63) is 12.2 Å². The summed E-state index contributed by atoms with van der Waals surface area (Å²) in [4.78, 5) is 23.9. The number of unbranched alkanes of at least 4 members (excludes halogenated alkanes) is 19. The molecule has 4 heteroatoms. The Hall–Kier alpha value is -1.32. The summed E-state index contributed by atoms with van der Waals surface area (Å²) >= 11 is 0. The first-order valence-corrected chi connectivity index (χ1v) is 16.1. The lowest BCUT2D eigenvalue weighted by Crippen LogP contribution is -2.22. The Bertz CT molecular complexity index is 528. The fourth-order valence-electron chi connectivity index (χ4n) is 4.52. The van der Waals surface area contributed by atoms with Crippen LogP contribution in [0.2, 0.25) is 0 Å². The van der Waals surface area contributed by atoms with E-state index >= 15 is 0 Å². The van der Waals surface area contributed by atoms with Gasteiger partial charge in [-0.05, 0) is 45.4 Å². The summed E-state index contributed by atoms with van der Waals surface area (Å²) in [5, 5.41) is 0. The van der Waals surface area contributed by atoms with Crippen molar-refractivity contribution in [2.75, 3.05) is 6.61 Å². The average molecular weight is 523 g/mol. The van der Waals surface area contributed by atoms with E-state index in [1.165, 1.54) is 116 Å². The van der Waals surface area contributed by atoms with Gasteiger partial charge >= 0.3 is 11.9 Å². The first kappa shape index (κ1) is 35.7. The zero-order chi connectivity index (χ0) is 27.2. The second-order valence-corrected chi connectivity index (χ2v) is 10.9. The van der Waals surface area contributed by atoms with Crippen LogP contribution in [0.1, 0.15) is 175 Å². The Kier molecular flexibility index (Phi) is 28.2. The normalized spacial score (nSPS) is 12.2. The molecule has 1 atom stereocenters. The zero-order valence-corrected chi connectivity index (χ0v) is 25.0. The molecule has 0 fully saturated rings. The van der Waals surface area contributed by atoms with Crippen molar-refractivity contribution in [2.24, 2.45) is 0 Å². The molecule has 4 nitrogen and oxygen atoms in total. The Balaban J connectivity index is 3.46. The number of carbonyl (C=O) groups excluding carboxylic acids is 2. The van der Waals surface area contributed by atoms with Gasteiger partial charge < -0.3 is 9.47 Å². The molecule has 37 heavy (non-hydrogen) atoms. The average Bonchev–Trinajstić information content (AvgIpc) is 2.88. The molecule has 0 rings (SSSR count). The quantitative estimate of drug-likeness (QED) is 0.0582. The van der Waals surface area contributed by atoms with Crippen LogP contribution in [0.4, 0.5) is 0 Å². The fourth-order valence-corrected chi connectivity index (χ4v) is 4.52. The predicted molar refractivity (Wildman–Crippen MR) is 158 cm³/mol. The van der Waals surface area contributed by atoms with E-state index in [-0.39, 0.29) is 24.6 Å². The zero-order valence-electron chi connectivity index (χ0n) is 25.0. The molecule has 218 valence electrons. The molecule has 0 saturated heterocycles. The second-order valence-electron chi connectivity index (χ2n) is 10.9. The van der Waals surface area contributed by atoms with Crippen LogP contribution in [0.25, 0.3) is 0 Å². The number of carbonyl (C=O) groups is 2. The largest absolute Gasteiger partial charge is 0.462 e. The van der Waals surface area contributed by atoms with Crippen LogP contribution >= 0.6 is 0 Å². The maximum atomic E-state index is 12.0. The molecule has 0 aliphatic heterocycles. The molecule has 0 aliphatic rings. The van der Waals surface area contributed by atoms with Gasteiger partial charge in [0.05, 0.1) is 0 Å². The summed E-state index contributed by atoms with van der Waals surface area (Å²) in [5.41, 5.74) is 0. The smallest absolute Gasteiger partial charge is 0.306 e. The van der Waals surface area contributed by atoms with E-state index in [2.05, 4.69) is 26.0 Å². The highest BCUT2D eigenvalue weighted by Gasteiger charge is 2.12. The molecular weight excluding hydrogens is 460 g/mol. The van der Waals surface area contributed by atoms with Crippen molar-refractivity contribution >= 4 is 11.9 Å². The number of hydrogen-bond acceptors (Lipinski definition) is 4. The molecule has 0 aromatic rings. The van der Waals surface area contributed by atoms with Crippen LogP contribution in [-0.4, -0.2) is 24.6 Å². The molecule has 0 aromatic heterocycles. The minimum absolute atomic E-state index is 0.161. The lowest BCUT2D eigenvalue weighted by Gasteiger charge is -2.13. The molecule has 0 N–H and O–H groups in total. The minimum atomic E-state index is -0.373. The third-order valence-electron chi connectivity index (χ3n) is 6.94. The fraction of sp³-hybridized carbons (Fsp3) is 0.879. The van der Waals surface area contributed by atoms with E-state index in [0.29, 0.717) is 12.8 Å². The Morgan fingerprint density at radius 2 is 0.919 bits per heavy atom. The van der Waals surface area contributed by atoms with E-state index in [4.69, 9.17) is 9.47 Å². The van der Waals surface area contributed by atoms with E-state index in [1.807, 2.05) is 0 Å². The van der Waals surface area contributed by atoms with Gasteiger partial charge in [-0.25, -0.2) is 0 Å². The van der Waals surface area contributed by atoms with E-state index in [9.17, 15) is 9.59 Å². The van der Waals surface area contributed by atoms with Crippen molar-refractivity contribution in [3.8, 4) is 0 Å². The summed E-state index contributed by atoms with van der Waals surface area (Å²) in [6.07, 6.45) is 32.5. The summed E-state index contributed by atoms with van der Waals surface area (Å²) in [5.74, 6) is -0.358. The van der Waals surface area contributed by atoms with Crippen molar-refractivity contribution in [3.63, 3.8) is 0 Å². The van der Waals surface area contributed by atoms with E-state index in [0.717, 1.165) is 25.7 Å². The molecule has 0 aliphatic carbocycles. The number of esters is 2. The standard InChI is InChI=1S/C33H62O4/c1-4-6-8-10-12-14-15-16-17-18-19-21-23-25-27-29-33(35)37-31(3)30-36-32(34)28-26-24-22-20-13-11-9-7-5-2/h16-17,31H,4-15,18-30H2,1-3H3/b17-16+/t31-/m0/s1. The van der Waals surface area contributed by atoms with Gasteiger partial charge in [0.1, 0.15) is 12.7 Å². The van der Waals surface area contributed by atoms with Crippen LogP contribution in [0.5, 0.6) is 0 Å². The number of hydrogen-bond donors (Lipinski definition) is 0. The van der Waals surface area contributed by atoms with Gasteiger partial charge in [0.25, 0.3) is 0 Å². The molecule has 0 heterocycles. The van der Waals surface area contributed by atoms with Crippen LogP contribution in [0.3, 0.4) is 0 Å². The van der Waals surface area contributed by atoms with Crippen LogP contribution < -0.4 is 0 Å². The maximum absolute atomic E-state index is 12.0. The molecule has 0 radical (unpaired) electrons. The molecule has 0 amide bonds. The molecular formula is C33H62O4. The summed E-state index contributed by atoms with van der Waals surface area (Å²) in [6, 6.07) is 0. The highest BCUT2D eigenvalue weighted by Crippen LogP contribution is 2.12. The summed E-state index contributed by atoms with van der Waals surface area (Å²) < 4.78 is 10.7. The van der Waals surface area contributed by atoms with Gasteiger partial charge in [0.15, 0.2) is 0 Å². The second kappa shape index (κ2) is 29.2. The predicted octanol–water partition coefficient (Wildman–Crippen LogP) is 10.4. The Morgan fingerprint density at radius 3 is 1.38 bits per heavy atom. The molecule has 0 bridgehead atoms. The molecule has 0 saturated carbocycles. The van der Waals surface area contributed by atoms with E-state index < -0.39 is 0 Å². The van der Waals surface area contributed by atoms with Gasteiger partial charge in [-0.1, -0.05) is 129 Å². The highest BCUT2D eigenvalue weighted by molar-refractivity contribution is 5.70. The van der Waals surface area contributed by atoms with Gasteiger partial charge in [0.2, 0.25) is 0 Å². The number of ether oxygens (including phenoxy) is 2. The van der Waals surface area contributed by atoms with Crippen molar-refractivity contribution in [1.82, 2.24) is 0 Å². The third kappa shape index (κ3) is 29.1.